The van der Waals surface area contributed by atoms with Crippen LogP contribution < -0.4 is 4.90 Å². The number of carbonyl (C=O) groups excluding carboxylic acids is 1. The molecule has 0 unspecified atom stereocenters. The van der Waals surface area contributed by atoms with Crippen molar-refractivity contribution in [1.82, 2.24) is 24.5 Å². The highest BCUT2D eigenvalue weighted by atomic mass is 19.1. The monoisotopic (exact) mass is 534 g/mol. The van der Waals surface area contributed by atoms with Crippen molar-refractivity contribution < 1.29 is 18.3 Å². The summed E-state index contributed by atoms with van der Waals surface area (Å²) in [6.45, 7) is 8.80. The lowest BCUT2D eigenvalue weighted by Gasteiger charge is -2.32. The van der Waals surface area contributed by atoms with Gasteiger partial charge in [0.05, 0.1) is 16.6 Å². The summed E-state index contributed by atoms with van der Waals surface area (Å²) in [6, 6.07) is 4.23. The lowest BCUT2D eigenvalue weighted by molar-refractivity contribution is 0.00689. The first-order valence-corrected chi connectivity index (χ1v) is 13.2. The Labute approximate surface area is 226 Å². The standard InChI is InChI=1S/C29H32F2N6O2/c1-5-18-14-32-28(33-15-18)36-10-8-21(9-11-36)37-16-23(31)25-24(34-17-35-26(25)37)13-19-6-7-20(12-22(19)30)27(38)39-29(2,3)4/h6-7,12,14-17,21H,5,8-11,13H2,1-4H3. The number of carbonyl (C=O) groups is 1. The van der Waals surface area contributed by atoms with Crippen molar-refractivity contribution in [3.8, 4) is 0 Å². The summed E-state index contributed by atoms with van der Waals surface area (Å²) in [5.41, 5.74) is 1.71. The predicted molar refractivity (Wildman–Crippen MR) is 144 cm³/mol. The first-order valence-electron chi connectivity index (χ1n) is 13.2. The van der Waals surface area contributed by atoms with E-state index in [-0.39, 0.29) is 23.4 Å². The fraction of sp³-hybridized carbons (Fsp3) is 0.414. The van der Waals surface area contributed by atoms with Gasteiger partial charge in [-0.3, -0.25) is 0 Å². The Balaban J connectivity index is 1.34. The van der Waals surface area contributed by atoms with Crippen molar-refractivity contribution in [3.63, 3.8) is 0 Å². The van der Waals surface area contributed by atoms with Crippen LogP contribution in [0.1, 0.15) is 73.8 Å². The molecule has 5 rings (SSSR count). The molecule has 10 heteroatoms. The van der Waals surface area contributed by atoms with Crippen LogP contribution in [0.25, 0.3) is 11.0 Å². The largest absolute Gasteiger partial charge is 0.456 e. The lowest BCUT2D eigenvalue weighted by Crippen LogP contribution is -2.35. The number of ether oxygens (including phenoxy) is 1. The molecule has 1 aliphatic heterocycles. The Morgan fingerprint density at radius 1 is 1.05 bits per heavy atom. The Kier molecular flexibility index (Phi) is 7.29. The van der Waals surface area contributed by atoms with E-state index in [1.54, 1.807) is 20.8 Å². The van der Waals surface area contributed by atoms with Crippen LogP contribution in [0.2, 0.25) is 0 Å². The van der Waals surface area contributed by atoms with Crippen LogP contribution in [0, 0.1) is 11.6 Å². The van der Waals surface area contributed by atoms with Crippen molar-refractivity contribution in [2.24, 2.45) is 0 Å². The van der Waals surface area contributed by atoms with Crippen LogP contribution in [-0.4, -0.2) is 49.2 Å². The van der Waals surface area contributed by atoms with Crippen molar-refractivity contribution in [3.05, 3.63) is 77.1 Å². The minimum atomic E-state index is -0.686. The molecule has 0 saturated carbocycles. The summed E-state index contributed by atoms with van der Waals surface area (Å²) >= 11 is 0. The number of aromatic nitrogens is 5. The van der Waals surface area contributed by atoms with Gasteiger partial charge in [-0.1, -0.05) is 13.0 Å². The van der Waals surface area contributed by atoms with Gasteiger partial charge in [-0.2, -0.15) is 0 Å². The zero-order valence-corrected chi connectivity index (χ0v) is 22.6. The first-order chi connectivity index (χ1) is 18.6. The number of rotatable bonds is 6. The average Bonchev–Trinajstić information content (AvgIpc) is 3.26. The van der Waals surface area contributed by atoms with Gasteiger partial charge in [0, 0.05) is 44.1 Å². The van der Waals surface area contributed by atoms with E-state index in [1.165, 1.54) is 24.7 Å². The second-order valence-electron chi connectivity index (χ2n) is 10.9. The molecule has 0 N–H and O–H groups in total. The van der Waals surface area contributed by atoms with Gasteiger partial charge in [-0.05, 0) is 63.3 Å². The van der Waals surface area contributed by atoms with Crippen molar-refractivity contribution >= 4 is 23.0 Å². The molecule has 0 amide bonds. The maximum absolute atomic E-state index is 15.3. The van der Waals surface area contributed by atoms with Gasteiger partial charge in [0.15, 0.2) is 5.82 Å². The molecule has 1 aliphatic rings. The maximum atomic E-state index is 15.3. The molecule has 0 atom stereocenters. The van der Waals surface area contributed by atoms with Gasteiger partial charge in [0.25, 0.3) is 0 Å². The first kappa shape index (κ1) is 26.6. The number of halogens is 2. The van der Waals surface area contributed by atoms with Gasteiger partial charge in [-0.15, -0.1) is 0 Å². The van der Waals surface area contributed by atoms with E-state index < -0.39 is 23.2 Å². The molecule has 1 fully saturated rings. The van der Waals surface area contributed by atoms with Crippen LogP contribution in [-0.2, 0) is 17.6 Å². The fourth-order valence-corrected chi connectivity index (χ4v) is 4.88. The number of aryl methyl sites for hydroxylation is 1. The smallest absolute Gasteiger partial charge is 0.338 e. The highest BCUT2D eigenvalue weighted by Gasteiger charge is 2.26. The van der Waals surface area contributed by atoms with Crippen LogP contribution in [0.5, 0.6) is 0 Å². The van der Waals surface area contributed by atoms with E-state index in [0.717, 1.165) is 44.0 Å². The summed E-state index contributed by atoms with van der Waals surface area (Å²) in [4.78, 5) is 32.1. The zero-order valence-electron chi connectivity index (χ0n) is 22.6. The molecule has 0 aliphatic carbocycles. The van der Waals surface area contributed by atoms with Crippen LogP contribution in [0.15, 0.2) is 43.1 Å². The van der Waals surface area contributed by atoms with Crippen molar-refractivity contribution in [2.75, 3.05) is 18.0 Å². The third kappa shape index (κ3) is 5.74. The predicted octanol–water partition coefficient (Wildman–Crippen LogP) is 5.45. The Bertz CT molecular complexity index is 1490. The SMILES string of the molecule is CCc1cnc(N2CCC(n3cc(F)c4c(Cc5ccc(C(=O)OC(C)(C)C)cc5F)ncnc43)CC2)nc1. The highest BCUT2D eigenvalue weighted by molar-refractivity contribution is 5.89. The summed E-state index contributed by atoms with van der Waals surface area (Å²) in [6.07, 6.45) is 9.08. The second-order valence-corrected chi connectivity index (χ2v) is 10.9. The average molecular weight is 535 g/mol. The van der Waals surface area contributed by atoms with Crippen LogP contribution in [0.4, 0.5) is 14.7 Å². The van der Waals surface area contributed by atoms with Crippen LogP contribution >= 0.6 is 0 Å². The number of esters is 1. The lowest BCUT2D eigenvalue weighted by atomic mass is 10.0. The highest BCUT2D eigenvalue weighted by Crippen LogP contribution is 2.31. The van der Waals surface area contributed by atoms with E-state index in [1.807, 2.05) is 17.0 Å². The number of nitrogens with zero attached hydrogens (tertiary/aromatic N) is 6. The van der Waals surface area contributed by atoms with Gasteiger partial charge in [0.2, 0.25) is 5.95 Å². The molecule has 39 heavy (non-hydrogen) atoms. The third-order valence-corrected chi connectivity index (χ3v) is 6.93. The minimum absolute atomic E-state index is 0.0516. The second kappa shape index (κ2) is 10.7. The van der Waals surface area contributed by atoms with E-state index in [2.05, 4.69) is 31.8 Å². The van der Waals surface area contributed by atoms with Gasteiger partial charge >= 0.3 is 5.97 Å². The van der Waals surface area contributed by atoms with Crippen LogP contribution in [0.3, 0.4) is 0 Å². The molecule has 1 saturated heterocycles. The molecule has 204 valence electrons. The molecular formula is C29H32F2N6O2. The maximum Gasteiger partial charge on any atom is 0.338 e. The van der Waals surface area contributed by atoms with E-state index in [0.29, 0.717) is 22.9 Å². The molecule has 8 nitrogen and oxygen atoms in total. The molecule has 1 aromatic carbocycles. The molecule has 0 radical (unpaired) electrons. The van der Waals surface area contributed by atoms with Crippen molar-refractivity contribution in [1.29, 1.82) is 0 Å². The normalized spacial score (nSPS) is 14.7. The Hall–Kier alpha value is -3.95. The van der Waals surface area contributed by atoms with E-state index >= 15 is 4.39 Å². The molecular weight excluding hydrogens is 502 g/mol. The quantitative estimate of drug-likeness (QED) is 0.304. The molecule has 4 aromatic rings. The Morgan fingerprint density at radius 2 is 1.77 bits per heavy atom. The number of hydrogen-bond acceptors (Lipinski definition) is 7. The number of piperidine rings is 1. The molecule has 3 aromatic heterocycles. The Morgan fingerprint density at radius 3 is 2.41 bits per heavy atom. The van der Waals surface area contributed by atoms with E-state index in [9.17, 15) is 9.18 Å². The molecule has 4 heterocycles. The third-order valence-electron chi connectivity index (χ3n) is 6.93. The topological polar surface area (TPSA) is 86.0 Å². The number of hydrogen-bond donors (Lipinski definition) is 0. The van der Waals surface area contributed by atoms with Gasteiger partial charge in [0.1, 0.15) is 23.4 Å². The molecule has 0 spiro atoms. The molecule has 0 bridgehead atoms. The number of fused-ring (bicyclic) bond motifs is 1. The zero-order chi connectivity index (χ0) is 27.7. The fourth-order valence-electron chi connectivity index (χ4n) is 4.88. The van der Waals surface area contributed by atoms with Gasteiger partial charge < -0.3 is 14.2 Å². The summed E-state index contributed by atoms with van der Waals surface area (Å²) in [7, 11) is 0. The van der Waals surface area contributed by atoms with Gasteiger partial charge in [-0.25, -0.2) is 33.5 Å². The number of anilines is 1. The minimum Gasteiger partial charge on any atom is -0.456 e. The summed E-state index contributed by atoms with van der Waals surface area (Å²) < 4.78 is 37.5. The summed E-state index contributed by atoms with van der Waals surface area (Å²) in [5, 5.41) is 0.286. The van der Waals surface area contributed by atoms with E-state index in [4.69, 9.17) is 4.74 Å². The van der Waals surface area contributed by atoms with Crippen molar-refractivity contribution in [2.45, 2.75) is 65.0 Å². The number of benzene rings is 1. The summed E-state index contributed by atoms with van der Waals surface area (Å²) in [5.74, 6) is -0.909.